The average Bonchev–Trinajstić information content (AvgIpc) is 2.42. The standard InChI is InChI=1S/C11H22ClNO2S/c1-9-5-6-13(10(9)7-12)16(14,15)8-11(2,3)4/h9-10H,5-8H2,1-4H3. The summed E-state index contributed by atoms with van der Waals surface area (Å²) < 4.78 is 26.1. The van der Waals surface area contributed by atoms with Crippen LogP contribution in [0.25, 0.3) is 0 Å². The molecule has 16 heavy (non-hydrogen) atoms. The Morgan fingerprint density at radius 2 is 1.94 bits per heavy atom. The third kappa shape index (κ3) is 3.34. The summed E-state index contributed by atoms with van der Waals surface area (Å²) in [5.41, 5.74) is -0.207. The molecular weight excluding hydrogens is 246 g/mol. The van der Waals surface area contributed by atoms with Crippen molar-refractivity contribution in [3.63, 3.8) is 0 Å². The van der Waals surface area contributed by atoms with Gasteiger partial charge in [0, 0.05) is 18.5 Å². The van der Waals surface area contributed by atoms with Gasteiger partial charge in [0.1, 0.15) is 0 Å². The number of rotatable bonds is 3. The monoisotopic (exact) mass is 267 g/mol. The van der Waals surface area contributed by atoms with E-state index < -0.39 is 10.0 Å². The van der Waals surface area contributed by atoms with E-state index in [4.69, 9.17) is 11.6 Å². The second-order valence-electron chi connectivity index (χ2n) is 5.92. The molecule has 0 radical (unpaired) electrons. The molecule has 1 heterocycles. The Hall–Kier alpha value is 0.200. The van der Waals surface area contributed by atoms with Crippen LogP contribution in [-0.4, -0.2) is 36.9 Å². The van der Waals surface area contributed by atoms with Crippen molar-refractivity contribution in [2.45, 2.75) is 40.2 Å². The highest BCUT2D eigenvalue weighted by molar-refractivity contribution is 7.89. The summed E-state index contributed by atoms with van der Waals surface area (Å²) >= 11 is 5.87. The number of hydrogen-bond acceptors (Lipinski definition) is 2. The van der Waals surface area contributed by atoms with Crippen molar-refractivity contribution in [2.24, 2.45) is 11.3 Å². The maximum absolute atomic E-state index is 12.2. The van der Waals surface area contributed by atoms with Crippen LogP contribution in [0, 0.1) is 11.3 Å². The normalized spacial score (nSPS) is 28.6. The molecular formula is C11H22ClNO2S. The zero-order valence-corrected chi connectivity index (χ0v) is 12.1. The van der Waals surface area contributed by atoms with Crippen molar-refractivity contribution in [1.29, 1.82) is 0 Å². The van der Waals surface area contributed by atoms with Crippen molar-refractivity contribution in [3.8, 4) is 0 Å². The van der Waals surface area contributed by atoms with Crippen LogP contribution in [0.1, 0.15) is 34.1 Å². The number of sulfonamides is 1. The largest absolute Gasteiger partial charge is 0.214 e. The second kappa shape index (κ2) is 4.83. The number of hydrogen-bond donors (Lipinski definition) is 0. The third-order valence-corrected chi connectivity index (χ3v) is 5.68. The van der Waals surface area contributed by atoms with E-state index in [9.17, 15) is 8.42 Å². The van der Waals surface area contributed by atoms with E-state index in [1.807, 2.05) is 20.8 Å². The summed E-state index contributed by atoms with van der Waals surface area (Å²) in [4.78, 5) is 0. The molecule has 1 rings (SSSR count). The van der Waals surface area contributed by atoms with Crippen LogP contribution < -0.4 is 0 Å². The van der Waals surface area contributed by atoms with E-state index in [1.165, 1.54) is 0 Å². The highest BCUT2D eigenvalue weighted by Crippen LogP contribution is 2.30. The highest BCUT2D eigenvalue weighted by atomic mass is 35.5. The lowest BCUT2D eigenvalue weighted by atomic mass is 10.0. The minimum Gasteiger partial charge on any atom is -0.212 e. The molecule has 1 aliphatic rings. The molecule has 1 aliphatic heterocycles. The fourth-order valence-corrected chi connectivity index (χ4v) is 5.07. The molecule has 3 nitrogen and oxygen atoms in total. The van der Waals surface area contributed by atoms with Gasteiger partial charge in [0.15, 0.2) is 0 Å². The number of alkyl halides is 1. The first-order chi connectivity index (χ1) is 7.17. The van der Waals surface area contributed by atoms with Gasteiger partial charge in [-0.3, -0.25) is 0 Å². The number of nitrogens with zero attached hydrogens (tertiary/aromatic N) is 1. The van der Waals surface area contributed by atoms with E-state index in [0.717, 1.165) is 6.42 Å². The van der Waals surface area contributed by atoms with E-state index in [1.54, 1.807) is 4.31 Å². The van der Waals surface area contributed by atoms with Gasteiger partial charge in [-0.25, -0.2) is 8.42 Å². The molecule has 0 amide bonds. The van der Waals surface area contributed by atoms with Gasteiger partial charge >= 0.3 is 0 Å². The predicted octanol–water partition coefficient (Wildman–Crippen LogP) is 2.31. The molecule has 1 fully saturated rings. The molecule has 0 aromatic rings. The zero-order valence-electron chi connectivity index (χ0n) is 10.5. The molecule has 0 bridgehead atoms. The molecule has 1 saturated heterocycles. The summed E-state index contributed by atoms with van der Waals surface area (Å²) in [6, 6.07) is -0.0194. The quantitative estimate of drug-likeness (QED) is 0.736. The van der Waals surface area contributed by atoms with Crippen LogP contribution in [0.3, 0.4) is 0 Å². The first-order valence-corrected chi connectivity index (χ1v) is 7.87. The van der Waals surface area contributed by atoms with E-state index in [-0.39, 0.29) is 17.2 Å². The molecule has 0 aromatic heterocycles. The summed E-state index contributed by atoms with van der Waals surface area (Å²) in [6.07, 6.45) is 0.917. The van der Waals surface area contributed by atoms with Crippen molar-refractivity contribution in [3.05, 3.63) is 0 Å². The summed E-state index contributed by atoms with van der Waals surface area (Å²) in [5, 5.41) is 0. The minimum atomic E-state index is -3.16. The Bertz CT molecular complexity index is 334. The molecule has 5 heteroatoms. The fourth-order valence-electron chi connectivity index (χ4n) is 2.18. The van der Waals surface area contributed by atoms with Gasteiger partial charge in [0.2, 0.25) is 10.0 Å². The average molecular weight is 268 g/mol. The maximum atomic E-state index is 12.2. The van der Waals surface area contributed by atoms with Crippen molar-refractivity contribution >= 4 is 21.6 Å². The van der Waals surface area contributed by atoms with E-state index in [2.05, 4.69) is 6.92 Å². The maximum Gasteiger partial charge on any atom is 0.214 e. The van der Waals surface area contributed by atoms with Gasteiger partial charge < -0.3 is 0 Å². The summed E-state index contributed by atoms with van der Waals surface area (Å²) in [5.74, 6) is 0.956. The topological polar surface area (TPSA) is 37.4 Å². The molecule has 0 spiro atoms. The van der Waals surface area contributed by atoms with Crippen molar-refractivity contribution < 1.29 is 8.42 Å². The Morgan fingerprint density at radius 3 is 2.38 bits per heavy atom. The van der Waals surface area contributed by atoms with Gasteiger partial charge in [-0.15, -0.1) is 11.6 Å². The molecule has 0 aromatic carbocycles. The molecule has 0 saturated carbocycles. The molecule has 2 atom stereocenters. The summed E-state index contributed by atoms with van der Waals surface area (Å²) in [6.45, 7) is 8.52. The van der Waals surface area contributed by atoms with Crippen LogP contribution in [0.2, 0.25) is 0 Å². The van der Waals surface area contributed by atoms with Gasteiger partial charge in [-0.05, 0) is 17.8 Å². The molecule has 0 aliphatic carbocycles. The smallest absolute Gasteiger partial charge is 0.212 e. The Balaban J connectivity index is 2.84. The third-order valence-electron chi connectivity index (χ3n) is 2.96. The lowest BCUT2D eigenvalue weighted by molar-refractivity contribution is 0.362. The van der Waals surface area contributed by atoms with Gasteiger partial charge in [0.05, 0.1) is 5.75 Å². The zero-order chi connectivity index (χ0) is 12.6. The molecule has 96 valence electrons. The minimum absolute atomic E-state index is 0.0194. The van der Waals surface area contributed by atoms with Crippen molar-refractivity contribution in [2.75, 3.05) is 18.2 Å². The lowest BCUT2D eigenvalue weighted by Gasteiger charge is -2.28. The Morgan fingerprint density at radius 1 is 1.38 bits per heavy atom. The SMILES string of the molecule is CC1CCN(S(=O)(=O)CC(C)(C)C)C1CCl. The van der Waals surface area contributed by atoms with Gasteiger partial charge in [-0.1, -0.05) is 27.7 Å². The first kappa shape index (κ1) is 14.3. The second-order valence-corrected chi connectivity index (χ2v) is 8.15. The molecule has 2 unspecified atom stereocenters. The predicted molar refractivity (Wildman–Crippen MR) is 68.2 cm³/mol. The highest BCUT2D eigenvalue weighted by Gasteiger charge is 2.39. The van der Waals surface area contributed by atoms with E-state index >= 15 is 0 Å². The Labute approximate surface area is 104 Å². The van der Waals surface area contributed by atoms with Crippen LogP contribution in [0.5, 0.6) is 0 Å². The van der Waals surface area contributed by atoms with Crippen LogP contribution in [-0.2, 0) is 10.0 Å². The summed E-state index contributed by atoms with van der Waals surface area (Å²) in [7, 11) is -3.16. The van der Waals surface area contributed by atoms with Crippen molar-refractivity contribution in [1.82, 2.24) is 4.31 Å². The Kier molecular flexibility index (Phi) is 4.30. The molecule has 0 N–H and O–H groups in total. The fraction of sp³-hybridized carbons (Fsp3) is 1.00. The van der Waals surface area contributed by atoms with Crippen LogP contribution in [0.15, 0.2) is 0 Å². The van der Waals surface area contributed by atoms with Gasteiger partial charge in [-0.2, -0.15) is 4.31 Å². The van der Waals surface area contributed by atoms with Crippen LogP contribution in [0.4, 0.5) is 0 Å². The lowest BCUT2D eigenvalue weighted by Crippen LogP contribution is -2.42. The van der Waals surface area contributed by atoms with Crippen LogP contribution >= 0.6 is 11.6 Å². The number of halogens is 1. The van der Waals surface area contributed by atoms with Gasteiger partial charge in [0.25, 0.3) is 0 Å². The first-order valence-electron chi connectivity index (χ1n) is 5.73. The van der Waals surface area contributed by atoms with E-state index in [0.29, 0.717) is 18.3 Å².